The highest BCUT2D eigenvalue weighted by atomic mass is 16.4. The zero-order valence-electron chi connectivity index (χ0n) is 11.4. The van der Waals surface area contributed by atoms with E-state index in [2.05, 4.69) is 0 Å². The number of carboxylic acid groups (broad SMARTS) is 1. The Labute approximate surface area is 112 Å². The first-order valence-electron chi connectivity index (χ1n) is 6.89. The fraction of sp³-hybridized carbons (Fsp3) is 0.600. The lowest BCUT2D eigenvalue weighted by Crippen LogP contribution is -2.29. The predicted octanol–water partition coefficient (Wildman–Crippen LogP) is 2.35. The zero-order valence-corrected chi connectivity index (χ0v) is 11.4. The highest BCUT2D eigenvalue weighted by molar-refractivity contribution is 5.90. The van der Waals surface area contributed by atoms with Gasteiger partial charge in [0.15, 0.2) is 0 Å². The van der Waals surface area contributed by atoms with Gasteiger partial charge in [-0.15, -0.1) is 0 Å². The smallest absolute Gasteiger partial charge is 0.337 e. The maximum Gasteiger partial charge on any atom is 0.337 e. The molecule has 4 nitrogen and oxygen atoms in total. The molecule has 0 spiro atoms. The number of aryl methyl sites for hydroxylation is 1. The molecule has 1 N–H and O–H groups in total. The van der Waals surface area contributed by atoms with Crippen molar-refractivity contribution in [2.24, 2.45) is 11.3 Å². The summed E-state index contributed by atoms with van der Waals surface area (Å²) in [6.45, 7) is 4.14. The minimum absolute atomic E-state index is 0.0630. The normalized spacial score (nSPS) is 20.3. The van der Waals surface area contributed by atoms with Crippen LogP contribution >= 0.6 is 0 Å². The standard InChI is InChI=1S/C15H19NO3/c1-9-7-12(17)16(10(2)13(9)14(18)19)8-15(5-6-15)11-3-4-11/h7,11H,3-6,8H2,1-2H3,(H,18,19). The SMILES string of the molecule is Cc1cc(=O)n(CC2(C3CC3)CC2)c(C)c1C(=O)O. The first-order valence-corrected chi connectivity index (χ1v) is 6.89. The van der Waals surface area contributed by atoms with Crippen LogP contribution in [0.25, 0.3) is 0 Å². The van der Waals surface area contributed by atoms with Crippen LogP contribution in [-0.4, -0.2) is 15.6 Å². The van der Waals surface area contributed by atoms with Crippen molar-refractivity contribution < 1.29 is 9.90 Å². The summed E-state index contributed by atoms with van der Waals surface area (Å²) in [6.07, 6.45) is 4.90. The van der Waals surface area contributed by atoms with Crippen LogP contribution in [0.2, 0.25) is 0 Å². The number of hydrogen-bond donors (Lipinski definition) is 1. The highest BCUT2D eigenvalue weighted by Crippen LogP contribution is 2.62. The fourth-order valence-electron chi connectivity index (χ4n) is 3.31. The molecule has 0 amide bonds. The molecular formula is C15H19NO3. The quantitative estimate of drug-likeness (QED) is 0.905. The van der Waals surface area contributed by atoms with Crippen LogP contribution < -0.4 is 5.56 Å². The average Bonchev–Trinajstić information content (AvgIpc) is 3.15. The molecule has 2 aliphatic rings. The lowest BCUT2D eigenvalue weighted by Gasteiger charge is -2.20. The average molecular weight is 261 g/mol. The van der Waals surface area contributed by atoms with Gasteiger partial charge in [-0.1, -0.05) is 0 Å². The van der Waals surface area contributed by atoms with E-state index in [0.717, 1.165) is 5.92 Å². The van der Waals surface area contributed by atoms with E-state index in [-0.39, 0.29) is 11.1 Å². The second-order valence-corrected chi connectivity index (χ2v) is 6.15. The van der Waals surface area contributed by atoms with Crippen molar-refractivity contribution in [3.05, 3.63) is 33.2 Å². The largest absolute Gasteiger partial charge is 0.478 e. The number of nitrogens with zero attached hydrogens (tertiary/aromatic N) is 1. The van der Waals surface area contributed by atoms with Gasteiger partial charge in [-0.05, 0) is 56.4 Å². The van der Waals surface area contributed by atoms with E-state index < -0.39 is 5.97 Å². The van der Waals surface area contributed by atoms with Gasteiger partial charge in [0, 0.05) is 18.3 Å². The number of pyridine rings is 1. The molecule has 1 heterocycles. The highest BCUT2D eigenvalue weighted by Gasteiger charge is 2.54. The van der Waals surface area contributed by atoms with Crippen molar-refractivity contribution >= 4 is 5.97 Å². The Morgan fingerprint density at radius 1 is 1.42 bits per heavy atom. The van der Waals surface area contributed by atoms with E-state index in [9.17, 15) is 14.7 Å². The molecule has 4 heteroatoms. The topological polar surface area (TPSA) is 59.3 Å². The lowest BCUT2D eigenvalue weighted by atomic mass is 9.99. The molecule has 2 fully saturated rings. The molecule has 1 aromatic heterocycles. The molecule has 2 aliphatic carbocycles. The van der Waals surface area contributed by atoms with Gasteiger partial charge in [-0.3, -0.25) is 4.79 Å². The van der Waals surface area contributed by atoms with Crippen LogP contribution in [0.4, 0.5) is 0 Å². The van der Waals surface area contributed by atoms with Gasteiger partial charge in [0.1, 0.15) is 0 Å². The van der Waals surface area contributed by atoms with Gasteiger partial charge in [-0.25, -0.2) is 4.79 Å². The minimum Gasteiger partial charge on any atom is -0.478 e. The number of carboxylic acids is 1. The van der Waals surface area contributed by atoms with Crippen LogP contribution in [0.5, 0.6) is 0 Å². The number of hydrogen-bond acceptors (Lipinski definition) is 2. The van der Waals surface area contributed by atoms with Crippen LogP contribution in [0.3, 0.4) is 0 Å². The third kappa shape index (κ3) is 1.99. The van der Waals surface area contributed by atoms with E-state index in [1.54, 1.807) is 18.4 Å². The molecule has 1 aromatic rings. The Morgan fingerprint density at radius 3 is 2.53 bits per heavy atom. The van der Waals surface area contributed by atoms with E-state index in [4.69, 9.17) is 0 Å². The molecule has 0 aromatic carbocycles. The molecule has 3 rings (SSSR count). The lowest BCUT2D eigenvalue weighted by molar-refractivity contribution is 0.0693. The minimum atomic E-state index is -0.944. The maximum atomic E-state index is 12.2. The molecular weight excluding hydrogens is 242 g/mol. The maximum absolute atomic E-state index is 12.2. The molecule has 0 atom stereocenters. The third-order valence-corrected chi connectivity index (χ3v) is 4.79. The van der Waals surface area contributed by atoms with E-state index in [1.165, 1.54) is 31.7 Å². The van der Waals surface area contributed by atoms with Crippen molar-refractivity contribution in [3.8, 4) is 0 Å². The molecule has 19 heavy (non-hydrogen) atoms. The van der Waals surface area contributed by atoms with Gasteiger partial charge < -0.3 is 9.67 Å². The number of aromatic nitrogens is 1. The first kappa shape index (κ1) is 12.5. The zero-order chi connectivity index (χ0) is 13.8. The predicted molar refractivity (Wildman–Crippen MR) is 71.5 cm³/mol. The molecule has 2 saturated carbocycles. The summed E-state index contributed by atoms with van der Waals surface area (Å²) in [5.74, 6) is -0.187. The summed E-state index contributed by atoms with van der Waals surface area (Å²) in [7, 11) is 0. The summed E-state index contributed by atoms with van der Waals surface area (Å²) >= 11 is 0. The van der Waals surface area contributed by atoms with Crippen molar-refractivity contribution in [1.82, 2.24) is 4.57 Å². The van der Waals surface area contributed by atoms with Gasteiger partial charge in [0.2, 0.25) is 0 Å². The summed E-state index contributed by atoms with van der Waals surface area (Å²) in [5, 5.41) is 9.28. The van der Waals surface area contributed by atoms with E-state index in [1.807, 2.05) is 0 Å². The van der Waals surface area contributed by atoms with Crippen molar-refractivity contribution in [3.63, 3.8) is 0 Å². The second kappa shape index (κ2) is 3.95. The van der Waals surface area contributed by atoms with Crippen molar-refractivity contribution in [2.75, 3.05) is 0 Å². The monoisotopic (exact) mass is 261 g/mol. The van der Waals surface area contributed by atoms with Gasteiger partial charge in [0.25, 0.3) is 5.56 Å². The summed E-state index contributed by atoms with van der Waals surface area (Å²) in [6, 6.07) is 1.46. The van der Waals surface area contributed by atoms with Crippen LogP contribution in [-0.2, 0) is 6.54 Å². The molecule has 0 radical (unpaired) electrons. The van der Waals surface area contributed by atoms with E-state index in [0.29, 0.717) is 23.2 Å². The van der Waals surface area contributed by atoms with Gasteiger partial charge >= 0.3 is 5.97 Å². The summed E-state index contributed by atoms with van der Waals surface area (Å²) in [5.41, 5.74) is 1.67. The Kier molecular flexibility index (Phi) is 2.59. The van der Waals surface area contributed by atoms with E-state index >= 15 is 0 Å². The molecule has 0 unspecified atom stereocenters. The van der Waals surface area contributed by atoms with Gasteiger partial charge in [0.05, 0.1) is 5.56 Å². The molecule has 0 bridgehead atoms. The third-order valence-electron chi connectivity index (χ3n) is 4.79. The molecule has 0 saturated heterocycles. The Morgan fingerprint density at radius 2 is 2.05 bits per heavy atom. The molecule has 0 aliphatic heterocycles. The number of aromatic carboxylic acids is 1. The number of carbonyl (C=O) groups is 1. The van der Waals surface area contributed by atoms with Crippen LogP contribution in [0.1, 0.15) is 47.3 Å². The summed E-state index contributed by atoms with van der Waals surface area (Å²) in [4.78, 5) is 23.5. The van der Waals surface area contributed by atoms with Crippen LogP contribution in [0, 0.1) is 25.2 Å². The Bertz CT molecular complexity index is 607. The fourth-order valence-corrected chi connectivity index (χ4v) is 3.31. The second-order valence-electron chi connectivity index (χ2n) is 6.15. The van der Waals surface area contributed by atoms with Crippen molar-refractivity contribution in [1.29, 1.82) is 0 Å². The summed E-state index contributed by atoms with van der Waals surface area (Å²) < 4.78 is 1.68. The Hall–Kier alpha value is -1.58. The Balaban J connectivity index is 2.03. The van der Waals surface area contributed by atoms with Crippen LogP contribution in [0.15, 0.2) is 10.9 Å². The molecule has 102 valence electrons. The first-order chi connectivity index (χ1) is 8.94. The van der Waals surface area contributed by atoms with Crippen molar-refractivity contribution in [2.45, 2.75) is 46.1 Å². The van der Waals surface area contributed by atoms with Gasteiger partial charge in [-0.2, -0.15) is 0 Å². The number of rotatable bonds is 4.